The molecule has 1 aliphatic heterocycles. The largest absolute Gasteiger partial charge is 0.454 e. The molecule has 0 saturated heterocycles. The first-order chi connectivity index (χ1) is 17.2. The van der Waals surface area contributed by atoms with E-state index in [-0.39, 0.29) is 12.5 Å². The number of rotatable bonds is 5. The van der Waals surface area contributed by atoms with Gasteiger partial charge in [0, 0.05) is 5.56 Å². The third kappa shape index (κ3) is 4.11. The van der Waals surface area contributed by atoms with E-state index < -0.39 is 5.91 Å². The van der Waals surface area contributed by atoms with E-state index in [2.05, 4.69) is 39.9 Å². The molecule has 1 N–H and O–H groups in total. The number of benzene rings is 4. The van der Waals surface area contributed by atoms with Gasteiger partial charge >= 0.3 is 0 Å². The monoisotopic (exact) mass is 460 g/mol. The Kier molecular flexibility index (Phi) is 5.20. The van der Waals surface area contributed by atoms with Gasteiger partial charge in [-0.2, -0.15) is 10.2 Å². The molecule has 0 unspecified atom stereocenters. The van der Waals surface area contributed by atoms with Crippen LogP contribution in [0.1, 0.15) is 16.1 Å². The van der Waals surface area contributed by atoms with Crippen molar-refractivity contribution < 1.29 is 14.3 Å². The van der Waals surface area contributed by atoms with Gasteiger partial charge in [-0.05, 0) is 58.8 Å². The summed E-state index contributed by atoms with van der Waals surface area (Å²) in [5.41, 5.74) is 6.25. The van der Waals surface area contributed by atoms with Crippen LogP contribution in [0.4, 0.5) is 0 Å². The molecule has 0 fully saturated rings. The van der Waals surface area contributed by atoms with Crippen molar-refractivity contribution >= 4 is 22.9 Å². The standard InChI is InChI=1S/C28H20N4O3/c33-28(30-29-17-19-10-13-26-27(14-19)35-18-34-26)24-16-25(32(31-24)23-8-2-1-3-9-23)22-12-11-20-6-4-5-7-21(20)15-22/h1-17H,18H2,(H,30,33)/b29-17-. The van der Waals surface area contributed by atoms with E-state index >= 15 is 0 Å². The smallest absolute Gasteiger partial charge is 0.291 e. The lowest BCUT2D eigenvalue weighted by molar-refractivity contribution is 0.0949. The molecular formula is C28H20N4O3. The van der Waals surface area contributed by atoms with E-state index in [0.717, 1.165) is 33.3 Å². The molecule has 4 aromatic carbocycles. The molecule has 7 heteroatoms. The van der Waals surface area contributed by atoms with Crippen molar-refractivity contribution in [3.05, 3.63) is 108 Å². The van der Waals surface area contributed by atoms with Crippen LogP contribution in [0, 0.1) is 0 Å². The predicted molar refractivity (Wildman–Crippen MR) is 134 cm³/mol. The van der Waals surface area contributed by atoms with E-state index in [0.29, 0.717) is 11.5 Å². The van der Waals surface area contributed by atoms with Gasteiger partial charge in [0.1, 0.15) is 0 Å². The minimum absolute atomic E-state index is 0.205. The fourth-order valence-corrected chi connectivity index (χ4v) is 4.03. The Morgan fingerprint density at radius 3 is 2.54 bits per heavy atom. The third-order valence-electron chi connectivity index (χ3n) is 5.76. The van der Waals surface area contributed by atoms with Crippen molar-refractivity contribution in [1.29, 1.82) is 0 Å². The molecule has 35 heavy (non-hydrogen) atoms. The maximum atomic E-state index is 12.9. The van der Waals surface area contributed by atoms with Crippen molar-refractivity contribution in [2.75, 3.05) is 6.79 Å². The van der Waals surface area contributed by atoms with Crippen LogP contribution in [-0.2, 0) is 0 Å². The van der Waals surface area contributed by atoms with Crippen molar-refractivity contribution in [2.24, 2.45) is 5.10 Å². The SMILES string of the molecule is O=C(N/N=C\c1ccc2c(c1)OCO2)c1cc(-c2ccc3ccccc3c2)n(-c2ccccc2)n1. The van der Waals surface area contributed by atoms with Crippen LogP contribution in [0.5, 0.6) is 11.5 Å². The number of aromatic nitrogens is 2. The van der Waals surface area contributed by atoms with Crippen molar-refractivity contribution in [2.45, 2.75) is 0 Å². The number of carbonyl (C=O) groups is 1. The van der Waals surface area contributed by atoms with Crippen LogP contribution in [0.25, 0.3) is 27.7 Å². The summed E-state index contributed by atoms with van der Waals surface area (Å²) in [4.78, 5) is 12.9. The summed E-state index contributed by atoms with van der Waals surface area (Å²) in [6.07, 6.45) is 1.55. The number of amides is 1. The second kappa shape index (κ2) is 8.79. The normalized spacial score (nSPS) is 12.3. The number of hydrogen-bond donors (Lipinski definition) is 1. The van der Waals surface area contributed by atoms with E-state index in [1.54, 1.807) is 23.0 Å². The Bertz CT molecular complexity index is 1570. The summed E-state index contributed by atoms with van der Waals surface area (Å²) in [6, 6.07) is 31.4. The zero-order chi connectivity index (χ0) is 23.6. The number of ether oxygens (including phenoxy) is 2. The molecule has 1 aromatic heterocycles. The number of nitrogens with one attached hydrogen (secondary N) is 1. The maximum absolute atomic E-state index is 12.9. The van der Waals surface area contributed by atoms with Gasteiger partial charge < -0.3 is 9.47 Å². The van der Waals surface area contributed by atoms with Gasteiger partial charge in [-0.25, -0.2) is 10.1 Å². The van der Waals surface area contributed by atoms with E-state index in [4.69, 9.17) is 9.47 Å². The van der Waals surface area contributed by atoms with Gasteiger partial charge in [0.25, 0.3) is 5.91 Å². The molecule has 0 bridgehead atoms. The van der Waals surface area contributed by atoms with Crippen LogP contribution in [0.15, 0.2) is 102 Å². The zero-order valence-corrected chi connectivity index (χ0v) is 18.6. The number of fused-ring (bicyclic) bond motifs is 2. The molecule has 0 spiro atoms. The molecule has 5 aromatic rings. The first kappa shape index (κ1) is 20.7. The van der Waals surface area contributed by atoms with Gasteiger partial charge in [-0.15, -0.1) is 0 Å². The lowest BCUT2D eigenvalue weighted by Gasteiger charge is -2.08. The van der Waals surface area contributed by atoms with E-state index in [1.807, 2.05) is 60.7 Å². The lowest BCUT2D eigenvalue weighted by Crippen LogP contribution is -2.18. The predicted octanol–water partition coefficient (Wildman–Crippen LogP) is 5.19. The lowest BCUT2D eigenvalue weighted by atomic mass is 10.0. The molecule has 0 aliphatic carbocycles. The van der Waals surface area contributed by atoms with Crippen LogP contribution in [0.3, 0.4) is 0 Å². The fourth-order valence-electron chi connectivity index (χ4n) is 4.03. The first-order valence-electron chi connectivity index (χ1n) is 11.1. The highest BCUT2D eigenvalue weighted by molar-refractivity contribution is 5.95. The summed E-state index contributed by atoms with van der Waals surface area (Å²) >= 11 is 0. The minimum atomic E-state index is -0.404. The fraction of sp³-hybridized carbons (Fsp3) is 0.0357. The zero-order valence-electron chi connectivity index (χ0n) is 18.6. The van der Waals surface area contributed by atoms with Gasteiger partial charge in [0.15, 0.2) is 17.2 Å². The summed E-state index contributed by atoms with van der Waals surface area (Å²) in [5, 5.41) is 11.0. The number of para-hydroxylation sites is 1. The number of hydrazone groups is 1. The van der Waals surface area contributed by atoms with Gasteiger partial charge in [0.2, 0.25) is 6.79 Å². The number of hydrogen-bond acceptors (Lipinski definition) is 5. The molecule has 7 nitrogen and oxygen atoms in total. The van der Waals surface area contributed by atoms with Gasteiger partial charge in [-0.1, -0.05) is 54.6 Å². The van der Waals surface area contributed by atoms with Crippen LogP contribution in [-0.4, -0.2) is 28.7 Å². The molecule has 170 valence electrons. The molecule has 6 rings (SSSR count). The van der Waals surface area contributed by atoms with Crippen LogP contribution in [0.2, 0.25) is 0 Å². The second-order valence-corrected chi connectivity index (χ2v) is 8.04. The van der Waals surface area contributed by atoms with Crippen molar-refractivity contribution in [1.82, 2.24) is 15.2 Å². The minimum Gasteiger partial charge on any atom is -0.454 e. The maximum Gasteiger partial charge on any atom is 0.291 e. The highest BCUT2D eigenvalue weighted by Crippen LogP contribution is 2.32. The molecular weight excluding hydrogens is 440 g/mol. The molecule has 2 heterocycles. The van der Waals surface area contributed by atoms with E-state index in [9.17, 15) is 4.79 Å². The highest BCUT2D eigenvalue weighted by atomic mass is 16.7. The summed E-state index contributed by atoms with van der Waals surface area (Å²) in [7, 11) is 0. The Hall–Kier alpha value is -4.91. The summed E-state index contributed by atoms with van der Waals surface area (Å²) in [6.45, 7) is 0.205. The molecule has 0 radical (unpaired) electrons. The van der Waals surface area contributed by atoms with Gasteiger partial charge in [-0.3, -0.25) is 4.79 Å². The summed E-state index contributed by atoms with van der Waals surface area (Å²) < 4.78 is 12.5. The first-order valence-corrected chi connectivity index (χ1v) is 11.1. The van der Waals surface area contributed by atoms with E-state index in [1.165, 1.54) is 0 Å². The molecule has 0 atom stereocenters. The van der Waals surface area contributed by atoms with Crippen LogP contribution >= 0.6 is 0 Å². The third-order valence-corrected chi connectivity index (χ3v) is 5.76. The Morgan fingerprint density at radius 1 is 0.857 bits per heavy atom. The molecule has 1 amide bonds. The average Bonchev–Trinajstić information content (AvgIpc) is 3.56. The Labute approximate surface area is 201 Å². The highest BCUT2D eigenvalue weighted by Gasteiger charge is 2.17. The quantitative estimate of drug-likeness (QED) is 0.289. The Balaban J connectivity index is 1.31. The van der Waals surface area contributed by atoms with Gasteiger partial charge in [0.05, 0.1) is 17.6 Å². The number of nitrogens with zero attached hydrogens (tertiary/aromatic N) is 3. The Morgan fingerprint density at radius 2 is 1.66 bits per heavy atom. The van der Waals surface area contributed by atoms with Crippen LogP contribution < -0.4 is 14.9 Å². The van der Waals surface area contributed by atoms with Crippen molar-refractivity contribution in [3.8, 4) is 28.4 Å². The molecule has 1 aliphatic rings. The number of carbonyl (C=O) groups excluding carboxylic acids is 1. The average molecular weight is 460 g/mol. The molecule has 0 saturated carbocycles. The van der Waals surface area contributed by atoms with Crippen molar-refractivity contribution in [3.63, 3.8) is 0 Å². The topological polar surface area (TPSA) is 77.7 Å². The summed E-state index contributed by atoms with van der Waals surface area (Å²) in [5.74, 6) is 0.944. The second-order valence-electron chi connectivity index (χ2n) is 8.04.